The van der Waals surface area contributed by atoms with Gasteiger partial charge in [-0.15, -0.1) is 16.7 Å². The van der Waals surface area contributed by atoms with Crippen LogP contribution in [0.25, 0.3) is 10.9 Å². The summed E-state index contributed by atoms with van der Waals surface area (Å²) in [7, 11) is 0. The lowest BCUT2D eigenvalue weighted by Crippen LogP contribution is -2.31. The number of benzene rings is 1. The van der Waals surface area contributed by atoms with Crippen molar-refractivity contribution >= 4 is 22.5 Å². The third kappa shape index (κ3) is 1.92. The lowest BCUT2D eigenvalue weighted by Gasteiger charge is -2.04. The molecule has 0 saturated carbocycles. The molecule has 0 bridgehead atoms. The maximum Gasteiger partial charge on any atom is 0.314 e. The van der Waals surface area contributed by atoms with E-state index in [0.717, 1.165) is 4.85 Å². The first-order valence-corrected chi connectivity index (χ1v) is 4.90. The monoisotopic (exact) mass is 225 g/mol. The number of aromatic nitrogens is 3. The van der Waals surface area contributed by atoms with Gasteiger partial charge >= 0.3 is 5.56 Å². The van der Waals surface area contributed by atoms with Crippen LogP contribution in [-0.4, -0.2) is 27.6 Å². The number of hydrogen-bond acceptors (Lipinski definition) is 4. The summed E-state index contributed by atoms with van der Waals surface area (Å²) in [5.74, 6) is 0.293. The molecule has 0 aliphatic carbocycles. The lowest BCUT2D eigenvalue weighted by atomic mass is 10.2. The zero-order valence-electron chi connectivity index (χ0n) is 7.76. The molecule has 1 aromatic heterocycles. The first-order valence-electron chi connectivity index (χ1n) is 4.37. The second kappa shape index (κ2) is 4.27. The average Bonchev–Trinajstić information content (AvgIpc) is 2.29. The van der Waals surface area contributed by atoms with Gasteiger partial charge in [0.15, 0.2) is 0 Å². The predicted molar refractivity (Wildman–Crippen MR) is 56.0 cm³/mol. The second-order valence-corrected chi connectivity index (χ2v) is 3.18. The van der Waals surface area contributed by atoms with E-state index >= 15 is 0 Å². The van der Waals surface area contributed by atoms with Crippen molar-refractivity contribution in [1.29, 1.82) is 0 Å². The van der Waals surface area contributed by atoms with Crippen LogP contribution in [0.4, 0.5) is 0 Å². The van der Waals surface area contributed by atoms with E-state index in [1.165, 1.54) is 0 Å². The summed E-state index contributed by atoms with van der Waals surface area (Å²) in [5.41, 5.74) is 0.221. The van der Waals surface area contributed by atoms with Crippen molar-refractivity contribution in [3.8, 4) is 0 Å². The summed E-state index contributed by atoms with van der Waals surface area (Å²) >= 11 is 5.43. The average molecular weight is 226 g/mol. The second-order valence-electron chi connectivity index (χ2n) is 2.81. The van der Waals surface area contributed by atoms with Crippen molar-refractivity contribution in [3.05, 3.63) is 34.6 Å². The van der Waals surface area contributed by atoms with Crippen molar-refractivity contribution < 1.29 is 4.84 Å². The third-order valence-corrected chi connectivity index (χ3v) is 1.99. The summed E-state index contributed by atoms with van der Waals surface area (Å²) in [6.45, 7) is 0.217. The molecule has 0 fully saturated rings. The first-order chi connectivity index (χ1) is 7.33. The molecule has 5 nitrogen and oxygen atoms in total. The lowest BCUT2D eigenvalue weighted by molar-refractivity contribution is 0.0779. The molecule has 0 spiro atoms. The fourth-order valence-electron chi connectivity index (χ4n) is 1.18. The first kappa shape index (κ1) is 9.92. The van der Waals surface area contributed by atoms with Gasteiger partial charge < -0.3 is 4.84 Å². The molecule has 0 aliphatic heterocycles. The fourth-order valence-corrected chi connectivity index (χ4v) is 1.25. The van der Waals surface area contributed by atoms with Crippen molar-refractivity contribution in [2.45, 2.75) is 0 Å². The molecular weight excluding hydrogens is 218 g/mol. The van der Waals surface area contributed by atoms with Crippen LogP contribution in [0.15, 0.2) is 29.1 Å². The summed E-state index contributed by atoms with van der Waals surface area (Å²) in [4.78, 5) is 17.6. The molecule has 0 amide bonds. The van der Waals surface area contributed by atoms with Crippen LogP contribution < -0.4 is 10.4 Å². The Morgan fingerprint density at radius 3 is 3.00 bits per heavy atom. The Labute approximate surface area is 90.2 Å². The molecule has 1 heterocycles. The minimum absolute atomic E-state index is 0.217. The van der Waals surface area contributed by atoms with Gasteiger partial charge in [0.05, 0.1) is 11.3 Å². The van der Waals surface area contributed by atoms with Crippen LogP contribution in [0.1, 0.15) is 0 Å². The highest BCUT2D eigenvalue weighted by molar-refractivity contribution is 6.17. The van der Waals surface area contributed by atoms with Crippen molar-refractivity contribution in [2.75, 3.05) is 12.5 Å². The Hall–Kier alpha value is -1.62. The third-order valence-electron chi connectivity index (χ3n) is 1.83. The molecule has 78 valence electrons. The van der Waals surface area contributed by atoms with Gasteiger partial charge in [0.25, 0.3) is 0 Å². The maximum absolute atomic E-state index is 11.7. The standard InChI is InChI=1S/C9H8ClN3O2/c10-5-6-15-13-9(14)7-3-1-2-4-8(7)11-12-13/h1-4H,5-6H2. The van der Waals surface area contributed by atoms with Gasteiger partial charge in [0.1, 0.15) is 12.1 Å². The van der Waals surface area contributed by atoms with Crippen molar-refractivity contribution in [2.24, 2.45) is 0 Å². The maximum atomic E-state index is 11.7. The van der Waals surface area contributed by atoms with E-state index in [1.807, 2.05) is 0 Å². The Kier molecular flexibility index (Phi) is 2.82. The predicted octanol–water partition coefficient (Wildman–Crippen LogP) is 0.459. The molecule has 15 heavy (non-hydrogen) atoms. The molecule has 2 aromatic rings. The Balaban J connectivity index is 2.51. The molecule has 0 aliphatic rings. The molecule has 0 saturated heterocycles. The van der Waals surface area contributed by atoms with E-state index in [0.29, 0.717) is 16.8 Å². The molecule has 0 radical (unpaired) electrons. The summed E-state index contributed by atoms with van der Waals surface area (Å²) in [5, 5.41) is 7.93. The normalized spacial score (nSPS) is 10.5. The van der Waals surface area contributed by atoms with Crippen LogP contribution in [-0.2, 0) is 0 Å². The Morgan fingerprint density at radius 1 is 1.40 bits per heavy atom. The fraction of sp³-hybridized carbons (Fsp3) is 0.222. The number of alkyl halides is 1. The number of nitrogens with zero attached hydrogens (tertiary/aromatic N) is 3. The number of halogens is 1. The molecule has 0 atom stereocenters. The summed E-state index contributed by atoms with van der Waals surface area (Å²) in [6.07, 6.45) is 0. The van der Waals surface area contributed by atoms with Gasteiger partial charge in [0.2, 0.25) is 0 Å². The minimum atomic E-state index is -0.328. The highest BCUT2D eigenvalue weighted by Gasteiger charge is 2.04. The van der Waals surface area contributed by atoms with Crippen LogP contribution in [0.3, 0.4) is 0 Å². The van der Waals surface area contributed by atoms with E-state index in [4.69, 9.17) is 16.4 Å². The zero-order chi connectivity index (χ0) is 10.7. The van der Waals surface area contributed by atoms with Crippen molar-refractivity contribution in [3.63, 3.8) is 0 Å². The van der Waals surface area contributed by atoms with Gasteiger partial charge in [0, 0.05) is 0 Å². The molecule has 0 N–H and O–H groups in total. The largest absolute Gasteiger partial charge is 0.391 e. The molecular formula is C9H8ClN3O2. The SMILES string of the molecule is O=c1c2ccccc2nnn1OCCCl. The van der Waals surface area contributed by atoms with Gasteiger partial charge in [-0.05, 0) is 22.2 Å². The minimum Gasteiger partial charge on any atom is -0.391 e. The molecule has 6 heteroatoms. The Morgan fingerprint density at radius 2 is 2.20 bits per heavy atom. The van der Waals surface area contributed by atoms with Crippen LogP contribution in [0.2, 0.25) is 0 Å². The zero-order valence-corrected chi connectivity index (χ0v) is 8.52. The van der Waals surface area contributed by atoms with E-state index < -0.39 is 0 Å². The van der Waals surface area contributed by atoms with E-state index in [2.05, 4.69) is 10.3 Å². The molecule has 2 rings (SSSR count). The summed E-state index contributed by atoms with van der Waals surface area (Å²) in [6, 6.07) is 6.94. The highest BCUT2D eigenvalue weighted by atomic mass is 35.5. The number of hydrogen-bond donors (Lipinski definition) is 0. The van der Waals surface area contributed by atoms with Crippen molar-refractivity contribution in [1.82, 2.24) is 15.2 Å². The highest BCUT2D eigenvalue weighted by Crippen LogP contribution is 2.02. The van der Waals surface area contributed by atoms with Crippen LogP contribution in [0.5, 0.6) is 0 Å². The van der Waals surface area contributed by atoms with E-state index in [9.17, 15) is 4.79 Å². The molecule has 0 unspecified atom stereocenters. The summed E-state index contributed by atoms with van der Waals surface area (Å²) < 4.78 is 0. The van der Waals surface area contributed by atoms with Crippen LogP contribution in [0, 0.1) is 0 Å². The van der Waals surface area contributed by atoms with Gasteiger partial charge in [-0.1, -0.05) is 12.1 Å². The van der Waals surface area contributed by atoms with Gasteiger partial charge in [-0.2, -0.15) is 0 Å². The number of fused-ring (bicyclic) bond motifs is 1. The quantitative estimate of drug-likeness (QED) is 0.712. The topological polar surface area (TPSA) is 57.0 Å². The number of rotatable bonds is 3. The van der Waals surface area contributed by atoms with Gasteiger partial charge in [-0.3, -0.25) is 4.79 Å². The molecule has 1 aromatic carbocycles. The Bertz CT molecular complexity index is 526. The van der Waals surface area contributed by atoms with E-state index in [-0.39, 0.29) is 12.2 Å². The van der Waals surface area contributed by atoms with Crippen LogP contribution >= 0.6 is 11.6 Å². The van der Waals surface area contributed by atoms with E-state index in [1.54, 1.807) is 24.3 Å². The smallest absolute Gasteiger partial charge is 0.314 e. The van der Waals surface area contributed by atoms with Gasteiger partial charge in [-0.25, -0.2) is 0 Å².